The average molecular weight is 259 g/mol. The SMILES string of the molecule is CN(C)Cc1[c]cccc1.[HH].[HH].[HH].[Sn]. The van der Waals surface area contributed by atoms with Gasteiger partial charge in [0, 0.05) is 34.7 Å². The summed E-state index contributed by atoms with van der Waals surface area (Å²) in [5.74, 6) is 0. The van der Waals surface area contributed by atoms with Gasteiger partial charge < -0.3 is 4.90 Å². The van der Waals surface area contributed by atoms with Crippen molar-refractivity contribution in [3.63, 3.8) is 0 Å². The smallest absolute Gasteiger partial charge is 0.0233 e. The van der Waals surface area contributed by atoms with Crippen LogP contribution in [-0.2, 0) is 6.54 Å². The molecule has 0 atom stereocenters. The quantitative estimate of drug-likeness (QED) is 0.733. The predicted molar refractivity (Wildman–Crippen MR) is 54.8 cm³/mol. The van der Waals surface area contributed by atoms with Crippen LogP contribution >= 0.6 is 0 Å². The Morgan fingerprint density at radius 2 is 2.18 bits per heavy atom. The van der Waals surface area contributed by atoms with Gasteiger partial charge in [0.1, 0.15) is 0 Å². The second kappa shape index (κ2) is 5.61. The minimum absolute atomic E-state index is 0. The molecule has 11 heavy (non-hydrogen) atoms. The first-order valence-electron chi connectivity index (χ1n) is 3.39. The van der Waals surface area contributed by atoms with Crippen LogP contribution < -0.4 is 0 Å². The van der Waals surface area contributed by atoms with Crippen molar-refractivity contribution < 1.29 is 4.28 Å². The molecule has 63 valence electrons. The standard InChI is InChI=1S/C9H12N.Sn.3H2/c1-10(2)8-9-6-4-3-5-7-9;;;;/h3-6H,8H2,1-2H3;;3*1H. The molecule has 0 spiro atoms. The number of nitrogens with zero attached hydrogens (tertiary/aromatic N) is 1. The maximum Gasteiger partial charge on any atom is 0.0233 e. The minimum atomic E-state index is 0. The first kappa shape index (κ1) is 11.0. The molecule has 0 N–H and O–H groups in total. The predicted octanol–water partition coefficient (Wildman–Crippen LogP) is 1.91. The van der Waals surface area contributed by atoms with E-state index in [0.717, 1.165) is 6.54 Å². The summed E-state index contributed by atoms with van der Waals surface area (Å²) in [4.78, 5) is 2.13. The Balaban J connectivity index is -0.000000125. The maximum absolute atomic E-state index is 3.16. The van der Waals surface area contributed by atoms with Gasteiger partial charge in [-0.1, -0.05) is 24.3 Å². The Bertz CT molecular complexity index is 195. The van der Waals surface area contributed by atoms with E-state index in [1.807, 2.05) is 18.2 Å². The summed E-state index contributed by atoms with van der Waals surface area (Å²) in [5.41, 5.74) is 1.24. The van der Waals surface area contributed by atoms with Crippen molar-refractivity contribution in [3.8, 4) is 0 Å². The minimum Gasteiger partial charge on any atom is -0.305 e. The van der Waals surface area contributed by atoms with Crippen LogP contribution in [0, 0.1) is 6.07 Å². The molecule has 0 aliphatic rings. The van der Waals surface area contributed by atoms with Crippen LogP contribution in [0.2, 0.25) is 0 Å². The molecule has 1 aromatic carbocycles. The first-order valence-corrected chi connectivity index (χ1v) is 3.39. The van der Waals surface area contributed by atoms with Crippen LogP contribution in [0.3, 0.4) is 0 Å². The normalized spacial score (nSPS) is 9.36. The zero-order valence-electron chi connectivity index (χ0n) is 6.96. The van der Waals surface area contributed by atoms with Gasteiger partial charge in [-0.25, -0.2) is 0 Å². The maximum atomic E-state index is 3.16. The average Bonchev–Trinajstić information content (AvgIpc) is 1.88. The van der Waals surface area contributed by atoms with Crippen molar-refractivity contribution in [1.29, 1.82) is 0 Å². The van der Waals surface area contributed by atoms with Gasteiger partial charge in [-0.05, 0) is 25.7 Å². The first-order chi connectivity index (χ1) is 4.79. The molecule has 0 fully saturated rings. The zero-order chi connectivity index (χ0) is 7.40. The zero-order valence-corrected chi connectivity index (χ0v) is 9.82. The Morgan fingerprint density at radius 3 is 2.64 bits per heavy atom. The van der Waals surface area contributed by atoms with E-state index in [1.165, 1.54) is 5.56 Å². The fourth-order valence-electron chi connectivity index (χ4n) is 0.870. The molecule has 1 rings (SSSR count). The Kier molecular flexibility index (Phi) is 5.60. The summed E-state index contributed by atoms with van der Waals surface area (Å²) in [6, 6.07) is 11.2. The number of hydrogen-bond acceptors (Lipinski definition) is 1. The molecule has 0 bridgehead atoms. The van der Waals surface area contributed by atoms with E-state index in [0.29, 0.717) is 0 Å². The molecule has 1 aromatic rings. The third kappa shape index (κ3) is 4.43. The largest absolute Gasteiger partial charge is 0.305 e. The van der Waals surface area contributed by atoms with E-state index >= 15 is 0 Å². The van der Waals surface area contributed by atoms with Gasteiger partial charge in [0.05, 0.1) is 0 Å². The van der Waals surface area contributed by atoms with Gasteiger partial charge in [0.2, 0.25) is 0 Å². The topological polar surface area (TPSA) is 3.24 Å². The summed E-state index contributed by atoms with van der Waals surface area (Å²) in [6.07, 6.45) is 0. The molecule has 0 aromatic heterocycles. The van der Waals surface area contributed by atoms with Crippen molar-refractivity contribution in [3.05, 3.63) is 35.9 Å². The van der Waals surface area contributed by atoms with Gasteiger partial charge >= 0.3 is 0 Å². The van der Waals surface area contributed by atoms with E-state index in [-0.39, 0.29) is 28.2 Å². The molecule has 0 aliphatic carbocycles. The molecule has 2 heteroatoms. The van der Waals surface area contributed by atoms with Crippen LogP contribution in [0.5, 0.6) is 0 Å². The van der Waals surface area contributed by atoms with E-state index in [2.05, 4.69) is 31.1 Å². The number of hydrogen-bond donors (Lipinski definition) is 0. The summed E-state index contributed by atoms with van der Waals surface area (Å²) in [6.45, 7) is 0.973. The molecule has 1 nitrogen and oxygen atoms in total. The van der Waals surface area contributed by atoms with Crippen molar-refractivity contribution in [2.45, 2.75) is 6.54 Å². The van der Waals surface area contributed by atoms with Crippen LogP contribution in [0.25, 0.3) is 0 Å². The van der Waals surface area contributed by atoms with E-state index < -0.39 is 0 Å². The van der Waals surface area contributed by atoms with Crippen molar-refractivity contribution >= 4 is 23.9 Å². The molecule has 0 aliphatic heterocycles. The summed E-state index contributed by atoms with van der Waals surface area (Å²) >= 11 is 0. The molecule has 0 saturated heterocycles. The second-order valence-corrected chi connectivity index (χ2v) is 2.63. The van der Waals surface area contributed by atoms with Gasteiger partial charge in [-0.2, -0.15) is 0 Å². The summed E-state index contributed by atoms with van der Waals surface area (Å²) in [7, 11) is 4.11. The van der Waals surface area contributed by atoms with Crippen molar-refractivity contribution in [1.82, 2.24) is 4.90 Å². The monoisotopic (exact) mass is 260 g/mol. The molecule has 0 saturated carbocycles. The van der Waals surface area contributed by atoms with Crippen LogP contribution in [-0.4, -0.2) is 42.9 Å². The van der Waals surface area contributed by atoms with Gasteiger partial charge in [0.15, 0.2) is 0 Å². The fraction of sp³-hybridized carbons (Fsp3) is 0.333. The van der Waals surface area contributed by atoms with E-state index in [9.17, 15) is 0 Å². The molecule has 5 radical (unpaired) electrons. The van der Waals surface area contributed by atoms with Crippen LogP contribution in [0.1, 0.15) is 9.84 Å². The van der Waals surface area contributed by atoms with Crippen molar-refractivity contribution in [2.24, 2.45) is 0 Å². The van der Waals surface area contributed by atoms with E-state index in [4.69, 9.17) is 0 Å². The summed E-state index contributed by atoms with van der Waals surface area (Å²) < 4.78 is 0. The van der Waals surface area contributed by atoms with Gasteiger partial charge in [-0.3, -0.25) is 0 Å². The number of benzene rings is 1. The Hall–Kier alpha value is -0.0213. The van der Waals surface area contributed by atoms with Crippen molar-refractivity contribution in [2.75, 3.05) is 14.1 Å². The van der Waals surface area contributed by atoms with Gasteiger partial charge in [-0.15, -0.1) is 0 Å². The molecule has 0 amide bonds. The molecular formula is C9H18NSn. The molecule has 0 heterocycles. The third-order valence-corrected chi connectivity index (χ3v) is 1.26. The number of rotatable bonds is 2. The van der Waals surface area contributed by atoms with Gasteiger partial charge in [0.25, 0.3) is 0 Å². The molecule has 0 unspecified atom stereocenters. The Morgan fingerprint density at radius 1 is 1.45 bits per heavy atom. The van der Waals surface area contributed by atoms with Crippen LogP contribution in [0.4, 0.5) is 0 Å². The third-order valence-electron chi connectivity index (χ3n) is 1.26. The fourth-order valence-corrected chi connectivity index (χ4v) is 0.870. The van der Waals surface area contributed by atoms with Crippen LogP contribution in [0.15, 0.2) is 24.3 Å². The second-order valence-electron chi connectivity index (χ2n) is 2.63. The summed E-state index contributed by atoms with van der Waals surface area (Å²) in [5, 5.41) is 0. The van der Waals surface area contributed by atoms with E-state index in [1.54, 1.807) is 0 Å². The molecular weight excluding hydrogens is 241 g/mol. The Labute approximate surface area is 89.8 Å².